The van der Waals surface area contributed by atoms with Gasteiger partial charge in [0.1, 0.15) is 0 Å². The van der Waals surface area contributed by atoms with E-state index in [1.807, 2.05) is 12.1 Å². The minimum Gasteiger partial charge on any atom is -0.390 e. The van der Waals surface area contributed by atoms with Crippen LogP contribution in [0.1, 0.15) is 26.5 Å². The number of rotatable bonds is 2. The van der Waals surface area contributed by atoms with Crippen molar-refractivity contribution in [1.29, 1.82) is 0 Å². The van der Waals surface area contributed by atoms with Gasteiger partial charge in [0.05, 0.1) is 25.2 Å². The average molecular weight is 296 g/mol. The molecule has 0 aliphatic rings. The molecule has 0 aliphatic heterocycles. The van der Waals surface area contributed by atoms with E-state index in [4.69, 9.17) is 11.6 Å². The highest BCUT2D eigenvalue weighted by Gasteiger charge is 2.38. The van der Waals surface area contributed by atoms with Crippen LogP contribution in [-0.2, 0) is 6.61 Å². The Bertz CT molecular complexity index is 610. The van der Waals surface area contributed by atoms with Crippen molar-refractivity contribution in [2.24, 2.45) is 0 Å². The predicted octanol–water partition coefficient (Wildman–Crippen LogP) is 4.03. The molecule has 0 saturated heterocycles. The Labute approximate surface area is 120 Å². The zero-order valence-corrected chi connectivity index (χ0v) is 14.0. The van der Waals surface area contributed by atoms with Crippen LogP contribution in [0.3, 0.4) is 0 Å². The van der Waals surface area contributed by atoms with Gasteiger partial charge in [0.2, 0.25) is 0 Å². The summed E-state index contributed by atoms with van der Waals surface area (Å²) in [6.07, 6.45) is 0. The Balaban J connectivity index is 2.75. The summed E-state index contributed by atoms with van der Waals surface area (Å²) in [5.74, 6) is 0. The first-order valence-corrected chi connectivity index (χ1v) is 9.97. The second kappa shape index (κ2) is 4.65. The summed E-state index contributed by atoms with van der Waals surface area (Å²) < 4.78 is 0. The number of H-pyrrole nitrogens is 1. The lowest BCUT2D eigenvalue weighted by Crippen LogP contribution is -2.49. The van der Waals surface area contributed by atoms with Gasteiger partial charge in [0.15, 0.2) is 0 Å². The molecule has 0 amide bonds. The Morgan fingerprint density at radius 3 is 2.42 bits per heavy atom. The SMILES string of the molecule is CC(C)(C)[Si](C)(C)c1ccc(Cl)c2[nH]c(CO)cc12. The third kappa shape index (κ3) is 2.35. The fourth-order valence-electron chi connectivity index (χ4n) is 2.27. The first-order valence-electron chi connectivity index (χ1n) is 6.60. The van der Waals surface area contributed by atoms with Crippen molar-refractivity contribution in [1.82, 2.24) is 4.98 Å². The molecule has 2 rings (SSSR count). The van der Waals surface area contributed by atoms with E-state index < -0.39 is 8.07 Å². The Morgan fingerprint density at radius 1 is 1.26 bits per heavy atom. The van der Waals surface area contributed by atoms with Crippen LogP contribution in [0, 0.1) is 0 Å². The number of halogens is 1. The van der Waals surface area contributed by atoms with E-state index in [1.54, 1.807) is 0 Å². The van der Waals surface area contributed by atoms with Gasteiger partial charge < -0.3 is 10.1 Å². The molecule has 0 unspecified atom stereocenters. The maximum atomic E-state index is 9.32. The zero-order valence-electron chi connectivity index (χ0n) is 12.3. The number of hydrogen-bond acceptors (Lipinski definition) is 1. The topological polar surface area (TPSA) is 36.0 Å². The van der Waals surface area contributed by atoms with Crippen LogP contribution in [0.2, 0.25) is 23.2 Å². The molecule has 104 valence electrons. The number of fused-ring (bicyclic) bond motifs is 1. The lowest BCUT2D eigenvalue weighted by atomic mass is 10.2. The molecule has 0 bridgehead atoms. The maximum Gasteiger partial charge on any atom is 0.0868 e. The van der Waals surface area contributed by atoms with E-state index >= 15 is 0 Å². The van der Waals surface area contributed by atoms with Gasteiger partial charge in [-0.05, 0) is 22.4 Å². The molecule has 0 aliphatic carbocycles. The van der Waals surface area contributed by atoms with Crippen LogP contribution in [0.15, 0.2) is 18.2 Å². The van der Waals surface area contributed by atoms with E-state index in [0.717, 1.165) is 16.2 Å². The number of aliphatic hydroxyl groups is 1. The van der Waals surface area contributed by atoms with Gasteiger partial charge in [-0.2, -0.15) is 0 Å². The van der Waals surface area contributed by atoms with Crippen molar-refractivity contribution in [3.8, 4) is 0 Å². The average Bonchev–Trinajstić information content (AvgIpc) is 2.72. The quantitative estimate of drug-likeness (QED) is 0.806. The smallest absolute Gasteiger partial charge is 0.0868 e. The Hall–Kier alpha value is -0.773. The molecule has 1 heterocycles. The standard InChI is InChI=1S/C15H22ClNOSi/c1-15(2,3)19(4,5)13-7-6-12(16)14-11(13)8-10(9-18)17-14/h6-8,17-18H,9H2,1-5H3. The molecule has 4 heteroatoms. The fourth-order valence-corrected chi connectivity index (χ4v) is 4.67. The minimum atomic E-state index is -1.63. The summed E-state index contributed by atoms with van der Waals surface area (Å²) in [4.78, 5) is 3.22. The number of aromatic nitrogens is 1. The number of aromatic amines is 1. The second-order valence-electron chi connectivity index (χ2n) is 6.71. The van der Waals surface area contributed by atoms with Crippen molar-refractivity contribution in [3.63, 3.8) is 0 Å². The zero-order chi connectivity index (χ0) is 14.4. The van der Waals surface area contributed by atoms with E-state index in [2.05, 4.69) is 44.9 Å². The van der Waals surface area contributed by atoms with Gasteiger partial charge in [-0.15, -0.1) is 0 Å². The lowest BCUT2D eigenvalue weighted by molar-refractivity contribution is 0.278. The summed E-state index contributed by atoms with van der Waals surface area (Å²) in [6.45, 7) is 11.7. The van der Waals surface area contributed by atoms with E-state index in [0.29, 0.717) is 0 Å². The summed E-state index contributed by atoms with van der Waals surface area (Å²) >= 11 is 6.27. The monoisotopic (exact) mass is 295 g/mol. The highest BCUT2D eigenvalue weighted by atomic mass is 35.5. The molecule has 2 aromatic rings. The summed E-state index contributed by atoms with van der Waals surface area (Å²) in [6, 6.07) is 6.17. The van der Waals surface area contributed by atoms with E-state index in [1.165, 1.54) is 10.6 Å². The van der Waals surface area contributed by atoms with Crippen molar-refractivity contribution >= 4 is 35.8 Å². The van der Waals surface area contributed by atoms with Crippen molar-refractivity contribution in [2.45, 2.75) is 45.5 Å². The minimum absolute atomic E-state index is 0.0158. The van der Waals surface area contributed by atoms with Crippen molar-refractivity contribution in [3.05, 3.63) is 28.9 Å². The van der Waals surface area contributed by atoms with Gasteiger partial charge >= 0.3 is 0 Å². The van der Waals surface area contributed by atoms with E-state index in [-0.39, 0.29) is 11.6 Å². The predicted molar refractivity (Wildman–Crippen MR) is 86.1 cm³/mol. The molecular weight excluding hydrogens is 274 g/mol. The molecule has 0 spiro atoms. The highest BCUT2D eigenvalue weighted by molar-refractivity contribution is 6.93. The molecule has 0 radical (unpaired) electrons. The summed E-state index contributed by atoms with van der Waals surface area (Å²) in [5.41, 5.74) is 1.77. The number of aliphatic hydroxyl groups excluding tert-OH is 1. The van der Waals surface area contributed by atoms with Gasteiger partial charge in [0, 0.05) is 11.1 Å². The largest absolute Gasteiger partial charge is 0.390 e. The molecule has 0 saturated carbocycles. The highest BCUT2D eigenvalue weighted by Crippen LogP contribution is 2.37. The van der Waals surface area contributed by atoms with Crippen molar-refractivity contribution < 1.29 is 5.11 Å². The third-order valence-electron chi connectivity index (χ3n) is 4.52. The van der Waals surface area contributed by atoms with Crippen LogP contribution in [0.4, 0.5) is 0 Å². The van der Waals surface area contributed by atoms with Crippen LogP contribution < -0.4 is 5.19 Å². The number of benzene rings is 1. The molecular formula is C15H22ClNOSi. The first-order chi connectivity index (χ1) is 8.68. The Kier molecular flexibility index (Phi) is 3.58. The van der Waals surface area contributed by atoms with Crippen molar-refractivity contribution in [2.75, 3.05) is 0 Å². The van der Waals surface area contributed by atoms with Gasteiger partial charge in [-0.25, -0.2) is 0 Å². The molecule has 2 N–H and O–H groups in total. The molecule has 1 aromatic carbocycles. The van der Waals surface area contributed by atoms with Crippen LogP contribution >= 0.6 is 11.6 Å². The second-order valence-corrected chi connectivity index (χ2v) is 12.4. The maximum absolute atomic E-state index is 9.32. The number of hydrogen-bond donors (Lipinski definition) is 2. The summed E-state index contributed by atoms with van der Waals surface area (Å²) in [5, 5.41) is 12.9. The molecule has 0 fully saturated rings. The Morgan fingerprint density at radius 2 is 1.89 bits per heavy atom. The van der Waals surface area contributed by atoms with Gasteiger partial charge in [-0.3, -0.25) is 0 Å². The third-order valence-corrected chi connectivity index (χ3v) is 10.4. The molecule has 2 nitrogen and oxygen atoms in total. The van der Waals surface area contributed by atoms with Crippen LogP contribution in [-0.4, -0.2) is 18.2 Å². The first kappa shape index (κ1) is 14.6. The lowest BCUT2D eigenvalue weighted by Gasteiger charge is -2.37. The number of nitrogens with one attached hydrogen (secondary N) is 1. The van der Waals surface area contributed by atoms with Gasteiger partial charge in [-0.1, -0.05) is 51.5 Å². The molecule has 1 aromatic heterocycles. The van der Waals surface area contributed by atoms with E-state index in [9.17, 15) is 5.11 Å². The molecule has 19 heavy (non-hydrogen) atoms. The summed E-state index contributed by atoms with van der Waals surface area (Å²) in [7, 11) is -1.63. The van der Waals surface area contributed by atoms with Gasteiger partial charge in [0.25, 0.3) is 0 Å². The van der Waals surface area contributed by atoms with Crippen LogP contribution in [0.5, 0.6) is 0 Å². The normalized spacial score (nSPS) is 13.2. The fraction of sp³-hybridized carbons (Fsp3) is 0.467. The van der Waals surface area contributed by atoms with Crippen LogP contribution in [0.25, 0.3) is 10.9 Å². The molecule has 0 atom stereocenters.